The normalized spacial score (nSPS) is 12.7. The molecule has 118 valence electrons. The van der Waals surface area contributed by atoms with Crippen LogP contribution in [0.15, 0.2) is 23.1 Å². The van der Waals surface area contributed by atoms with E-state index in [2.05, 4.69) is 4.72 Å². The van der Waals surface area contributed by atoms with Gasteiger partial charge in [0.1, 0.15) is 4.90 Å². The molecule has 2 N–H and O–H groups in total. The highest BCUT2D eigenvalue weighted by molar-refractivity contribution is 7.89. The highest BCUT2D eigenvalue weighted by atomic mass is 35.5. The molecule has 0 heterocycles. The van der Waals surface area contributed by atoms with Gasteiger partial charge >= 0.3 is 5.97 Å². The van der Waals surface area contributed by atoms with Crippen LogP contribution in [0.2, 0.25) is 5.02 Å². The highest BCUT2D eigenvalue weighted by Crippen LogP contribution is 2.27. The Morgan fingerprint density at radius 2 is 1.95 bits per heavy atom. The van der Waals surface area contributed by atoms with E-state index in [1.54, 1.807) is 0 Å². The van der Waals surface area contributed by atoms with Crippen LogP contribution in [0.5, 0.6) is 0 Å². The molecule has 0 saturated carbocycles. The molecule has 0 radical (unpaired) electrons. The van der Waals surface area contributed by atoms with E-state index in [4.69, 9.17) is 16.7 Å². The van der Waals surface area contributed by atoms with E-state index < -0.39 is 16.0 Å². The minimum Gasteiger partial charge on any atom is -0.478 e. The molecule has 0 amide bonds. The summed E-state index contributed by atoms with van der Waals surface area (Å²) >= 11 is 5.89. The quantitative estimate of drug-likeness (QED) is 0.838. The molecule has 0 aliphatic heterocycles. The summed E-state index contributed by atoms with van der Waals surface area (Å²) in [7, 11) is -3.86. The van der Waals surface area contributed by atoms with Crippen molar-refractivity contribution >= 4 is 27.6 Å². The Bertz CT molecular complexity index is 638. The van der Waals surface area contributed by atoms with E-state index in [-0.39, 0.29) is 33.4 Å². The van der Waals surface area contributed by atoms with Crippen LogP contribution in [0.3, 0.4) is 0 Å². The largest absolute Gasteiger partial charge is 0.478 e. The van der Waals surface area contributed by atoms with Gasteiger partial charge in [0, 0.05) is 6.54 Å². The van der Waals surface area contributed by atoms with Crippen molar-refractivity contribution in [2.75, 3.05) is 6.54 Å². The third kappa shape index (κ3) is 4.43. The van der Waals surface area contributed by atoms with Crippen molar-refractivity contribution in [1.82, 2.24) is 4.72 Å². The second-order valence-electron chi connectivity index (χ2n) is 5.92. The maximum atomic E-state index is 12.3. The van der Waals surface area contributed by atoms with Crippen molar-refractivity contribution < 1.29 is 18.3 Å². The molecule has 0 spiro atoms. The number of sulfonamides is 1. The van der Waals surface area contributed by atoms with Crippen molar-refractivity contribution in [3.8, 4) is 0 Å². The van der Waals surface area contributed by atoms with Gasteiger partial charge in [0.15, 0.2) is 0 Å². The Morgan fingerprint density at radius 3 is 2.43 bits per heavy atom. The first kappa shape index (κ1) is 17.9. The van der Waals surface area contributed by atoms with Gasteiger partial charge in [-0.15, -0.1) is 0 Å². The molecule has 7 heteroatoms. The number of nitrogens with one attached hydrogen (secondary N) is 1. The zero-order valence-electron chi connectivity index (χ0n) is 12.5. The van der Waals surface area contributed by atoms with Gasteiger partial charge in [0.2, 0.25) is 10.0 Å². The maximum Gasteiger partial charge on any atom is 0.335 e. The van der Waals surface area contributed by atoms with E-state index in [1.165, 1.54) is 12.1 Å². The second-order valence-corrected chi connectivity index (χ2v) is 8.06. The molecular formula is C14H20ClNO4S. The predicted molar refractivity (Wildman–Crippen MR) is 82.2 cm³/mol. The van der Waals surface area contributed by atoms with Gasteiger partial charge < -0.3 is 5.11 Å². The van der Waals surface area contributed by atoms with Crippen molar-refractivity contribution in [1.29, 1.82) is 0 Å². The average molecular weight is 334 g/mol. The molecule has 0 saturated heterocycles. The van der Waals surface area contributed by atoms with Crippen LogP contribution in [0.25, 0.3) is 0 Å². The Balaban J connectivity index is 3.09. The third-order valence-corrected chi connectivity index (χ3v) is 5.63. The number of benzene rings is 1. The minimum atomic E-state index is -3.86. The number of carboxylic acid groups (broad SMARTS) is 1. The van der Waals surface area contributed by atoms with Gasteiger partial charge in [-0.05, 0) is 29.5 Å². The summed E-state index contributed by atoms with van der Waals surface area (Å²) in [5, 5.41) is 8.93. The lowest BCUT2D eigenvalue weighted by molar-refractivity contribution is 0.0696. The van der Waals surface area contributed by atoms with Crippen LogP contribution in [-0.4, -0.2) is 26.0 Å². The van der Waals surface area contributed by atoms with Crippen LogP contribution in [-0.2, 0) is 10.0 Å². The summed E-state index contributed by atoms with van der Waals surface area (Å²) in [4.78, 5) is 10.7. The molecule has 0 aliphatic carbocycles. The smallest absolute Gasteiger partial charge is 0.335 e. The predicted octanol–water partition coefficient (Wildman–Crippen LogP) is 3.00. The van der Waals surface area contributed by atoms with Gasteiger partial charge in [-0.1, -0.05) is 39.3 Å². The second kappa shape index (κ2) is 6.34. The lowest BCUT2D eigenvalue weighted by Crippen LogP contribution is -2.37. The Morgan fingerprint density at radius 1 is 1.38 bits per heavy atom. The molecule has 0 bridgehead atoms. The van der Waals surface area contributed by atoms with Gasteiger partial charge in [-0.2, -0.15) is 0 Å². The first-order valence-electron chi connectivity index (χ1n) is 6.50. The third-order valence-electron chi connectivity index (χ3n) is 3.75. The van der Waals surface area contributed by atoms with Crippen LogP contribution < -0.4 is 4.72 Å². The maximum absolute atomic E-state index is 12.3. The van der Waals surface area contributed by atoms with Crippen LogP contribution in [0.4, 0.5) is 0 Å². The molecule has 0 aliphatic rings. The molecule has 0 fully saturated rings. The standard InChI is InChI=1S/C14H20ClNO4S/c1-9(2)14(3,4)8-16-21(19,20)12-7-10(13(17)18)5-6-11(12)15/h5-7,9,16H,8H2,1-4H3,(H,17,18). The topological polar surface area (TPSA) is 83.5 Å². The summed E-state index contributed by atoms with van der Waals surface area (Å²) in [5.74, 6) is -0.924. The van der Waals surface area contributed by atoms with Crippen molar-refractivity contribution in [2.24, 2.45) is 11.3 Å². The molecule has 1 aromatic carbocycles. The summed E-state index contributed by atoms with van der Waals surface area (Å²) in [5.41, 5.74) is -0.355. The fourth-order valence-corrected chi connectivity index (χ4v) is 3.15. The average Bonchev–Trinajstić information content (AvgIpc) is 2.36. The number of aromatic carboxylic acids is 1. The van der Waals surface area contributed by atoms with Crippen LogP contribution >= 0.6 is 11.6 Å². The van der Waals surface area contributed by atoms with Gasteiger partial charge in [-0.3, -0.25) is 0 Å². The first-order chi connectivity index (χ1) is 9.47. The zero-order chi connectivity index (χ0) is 16.4. The van der Waals surface area contributed by atoms with Crippen molar-refractivity contribution in [3.05, 3.63) is 28.8 Å². The molecule has 5 nitrogen and oxygen atoms in total. The van der Waals surface area contributed by atoms with Crippen LogP contribution in [0, 0.1) is 11.3 Å². The minimum absolute atomic E-state index is 0.00477. The van der Waals surface area contributed by atoms with Gasteiger partial charge in [0.25, 0.3) is 0 Å². The van der Waals surface area contributed by atoms with E-state index in [0.29, 0.717) is 0 Å². The molecule has 0 aromatic heterocycles. The SMILES string of the molecule is CC(C)C(C)(C)CNS(=O)(=O)c1cc(C(=O)O)ccc1Cl. The molecular weight excluding hydrogens is 314 g/mol. The first-order valence-corrected chi connectivity index (χ1v) is 8.36. The van der Waals surface area contributed by atoms with Crippen LogP contribution in [0.1, 0.15) is 38.1 Å². The number of carbonyl (C=O) groups is 1. The van der Waals surface area contributed by atoms with Crippen molar-refractivity contribution in [2.45, 2.75) is 32.6 Å². The van der Waals surface area contributed by atoms with Crippen molar-refractivity contribution in [3.63, 3.8) is 0 Å². The van der Waals surface area contributed by atoms with E-state index >= 15 is 0 Å². The summed E-state index contributed by atoms with van der Waals surface area (Å²) in [6.07, 6.45) is 0. The number of carboxylic acids is 1. The molecule has 1 aromatic rings. The number of hydrogen-bond donors (Lipinski definition) is 2. The number of rotatable bonds is 6. The summed E-state index contributed by atoms with van der Waals surface area (Å²) in [6, 6.07) is 3.60. The lowest BCUT2D eigenvalue weighted by Gasteiger charge is -2.29. The highest BCUT2D eigenvalue weighted by Gasteiger charge is 2.27. The van der Waals surface area contributed by atoms with E-state index in [9.17, 15) is 13.2 Å². The Kier molecular flexibility index (Phi) is 5.41. The van der Waals surface area contributed by atoms with E-state index in [0.717, 1.165) is 6.07 Å². The van der Waals surface area contributed by atoms with Gasteiger partial charge in [0.05, 0.1) is 10.6 Å². The summed E-state index contributed by atoms with van der Waals surface area (Å²) in [6.45, 7) is 8.16. The number of halogens is 1. The van der Waals surface area contributed by atoms with E-state index in [1.807, 2.05) is 27.7 Å². The zero-order valence-corrected chi connectivity index (χ0v) is 14.0. The Hall–Kier alpha value is -1.11. The molecule has 0 unspecified atom stereocenters. The lowest BCUT2D eigenvalue weighted by atomic mass is 9.81. The van der Waals surface area contributed by atoms with Gasteiger partial charge in [-0.25, -0.2) is 17.9 Å². The summed E-state index contributed by atoms with van der Waals surface area (Å²) < 4.78 is 27.1. The fourth-order valence-electron chi connectivity index (χ4n) is 1.41. The fraction of sp³-hybridized carbons (Fsp3) is 0.500. The molecule has 0 atom stereocenters. The monoisotopic (exact) mass is 333 g/mol. The molecule has 21 heavy (non-hydrogen) atoms. The molecule has 1 rings (SSSR count). The Labute approximate surface area is 130 Å². The number of hydrogen-bond acceptors (Lipinski definition) is 3.